The normalized spacial score (nSPS) is 13.7. The molecule has 35 heavy (non-hydrogen) atoms. The molecule has 0 aliphatic heterocycles. The lowest BCUT2D eigenvalue weighted by Gasteiger charge is -2.26. The summed E-state index contributed by atoms with van der Waals surface area (Å²) in [7, 11) is 0. The zero-order valence-corrected chi connectivity index (χ0v) is 20.4. The molecular weight excluding hydrogens is 449 g/mol. The molecular formula is C25H30FN7O2. The fourth-order valence-electron chi connectivity index (χ4n) is 3.92. The molecule has 9 nitrogen and oxygen atoms in total. The van der Waals surface area contributed by atoms with Crippen LogP contribution in [0.3, 0.4) is 0 Å². The summed E-state index contributed by atoms with van der Waals surface area (Å²) < 4.78 is 21.1. The van der Waals surface area contributed by atoms with Gasteiger partial charge in [0.2, 0.25) is 0 Å². The van der Waals surface area contributed by atoms with Gasteiger partial charge in [-0.15, -0.1) is 0 Å². The lowest BCUT2D eigenvalue weighted by atomic mass is 9.78. The summed E-state index contributed by atoms with van der Waals surface area (Å²) in [6.07, 6.45) is 9.43. The first-order valence-electron chi connectivity index (χ1n) is 11.6. The molecule has 0 aliphatic carbocycles. The molecule has 0 amide bonds. The van der Waals surface area contributed by atoms with Gasteiger partial charge in [0.1, 0.15) is 0 Å². The first kappa shape index (κ1) is 24.5. The molecule has 4 aromatic heterocycles. The monoisotopic (exact) mass is 479 g/mol. The van der Waals surface area contributed by atoms with Crippen molar-refractivity contribution in [3.05, 3.63) is 60.2 Å². The summed E-state index contributed by atoms with van der Waals surface area (Å²) in [5, 5.41) is 18.6. The highest BCUT2D eigenvalue weighted by Gasteiger charge is 2.34. The number of nitrogens with zero attached hydrogens (tertiary/aromatic N) is 6. The van der Waals surface area contributed by atoms with E-state index in [1.54, 1.807) is 37.1 Å². The smallest absolute Gasteiger partial charge is 0.261 e. The van der Waals surface area contributed by atoms with Gasteiger partial charge in [0.05, 0.1) is 35.0 Å². The fourth-order valence-corrected chi connectivity index (χ4v) is 3.92. The van der Waals surface area contributed by atoms with Crippen LogP contribution in [0.2, 0.25) is 0 Å². The number of aliphatic hydroxyl groups is 1. The molecule has 4 rings (SSSR count). The van der Waals surface area contributed by atoms with E-state index in [1.807, 2.05) is 12.1 Å². The number of unbranched alkanes of at least 4 members (excludes halogenated alkanes) is 1. The number of hydrogen-bond donors (Lipinski definition) is 2. The van der Waals surface area contributed by atoms with Gasteiger partial charge in [-0.25, -0.2) is 9.37 Å². The number of anilines is 1. The minimum atomic E-state index is -0.893. The predicted molar refractivity (Wildman–Crippen MR) is 130 cm³/mol. The SMILES string of the molecule is CCCC[C@](C)(c1ccc(-c2cnc(N)c(F)c2)nc1)c1noc(-c2cnn(CC(C)(C)O)c2)n1. The Labute approximate surface area is 203 Å². The molecule has 4 heterocycles. The Balaban J connectivity index is 1.64. The highest BCUT2D eigenvalue weighted by molar-refractivity contribution is 5.60. The topological polar surface area (TPSA) is 129 Å². The minimum absolute atomic E-state index is 0.143. The van der Waals surface area contributed by atoms with Crippen LogP contribution in [0, 0.1) is 5.82 Å². The number of hydrogen-bond acceptors (Lipinski definition) is 8. The van der Waals surface area contributed by atoms with Gasteiger partial charge in [-0.3, -0.25) is 9.67 Å². The van der Waals surface area contributed by atoms with E-state index in [0.717, 1.165) is 24.8 Å². The second-order valence-electron chi connectivity index (χ2n) is 9.62. The summed E-state index contributed by atoms with van der Waals surface area (Å²) >= 11 is 0. The van der Waals surface area contributed by atoms with Gasteiger partial charge in [0.25, 0.3) is 5.89 Å². The highest BCUT2D eigenvalue weighted by atomic mass is 19.1. The molecule has 4 aromatic rings. The predicted octanol–water partition coefficient (Wildman–Crippen LogP) is 4.38. The number of rotatable bonds is 9. The van der Waals surface area contributed by atoms with E-state index in [9.17, 15) is 9.50 Å². The zero-order valence-electron chi connectivity index (χ0n) is 20.4. The van der Waals surface area contributed by atoms with E-state index < -0.39 is 16.8 Å². The molecule has 0 saturated heterocycles. The first-order chi connectivity index (χ1) is 16.6. The van der Waals surface area contributed by atoms with E-state index in [4.69, 9.17) is 15.2 Å². The van der Waals surface area contributed by atoms with Gasteiger partial charge >= 0.3 is 0 Å². The maximum atomic E-state index is 13.9. The van der Waals surface area contributed by atoms with Crippen molar-refractivity contribution in [2.45, 2.75) is 64.5 Å². The Morgan fingerprint density at radius 1 is 1.11 bits per heavy atom. The van der Waals surface area contributed by atoms with Gasteiger partial charge in [-0.05, 0) is 44.9 Å². The van der Waals surface area contributed by atoms with Crippen molar-refractivity contribution in [2.75, 3.05) is 5.73 Å². The molecule has 10 heteroatoms. The van der Waals surface area contributed by atoms with Gasteiger partial charge in [-0.1, -0.05) is 31.0 Å². The summed E-state index contributed by atoms with van der Waals surface area (Å²) in [5.74, 6) is 0.186. The lowest BCUT2D eigenvalue weighted by molar-refractivity contribution is 0.0577. The van der Waals surface area contributed by atoms with E-state index >= 15 is 0 Å². The average Bonchev–Trinajstić information content (AvgIpc) is 3.48. The standard InChI is InChI=1S/C25H30FN7O2/c1-5-6-9-25(4,18-7-8-20(28-13-18)16-10-19(26)21(27)29-11-16)23-31-22(35-32-23)17-12-30-33(14-17)15-24(2,3)34/h7-8,10-14,34H,5-6,9,15H2,1-4H3,(H2,27,29)/t25-/m1/s1. The Morgan fingerprint density at radius 2 is 1.91 bits per heavy atom. The Morgan fingerprint density at radius 3 is 2.57 bits per heavy atom. The van der Waals surface area contributed by atoms with Crippen LogP contribution in [0.15, 0.2) is 47.5 Å². The fraction of sp³-hybridized carbons (Fsp3) is 0.400. The summed E-state index contributed by atoms with van der Waals surface area (Å²) in [6, 6.07) is 5.10. The largest absolute Gasteiger partial charge is 0.389 e. The molecule has 3 N–H and O–H groups in total. The van der Waals surface area contributed by atoms with E-state index in [0.29, 0.717) is 35.1 Å². The third kappa shape index (κ3) is 5.37. The highest BCUT2D eigenvalue weighted by Crippen LogP contribution is 2.36. The Hall–Kier alpha value is -3.66. The zero-order chi connectivity index (χ0) is 25.2. The molecule has 0 unspecified atom stereocenters. The third-order valence-corrected chi connectivity index (χ3v) is 5.95. The summed E-state index contributed by atoms with van der Waals surface area (Å²) in [4.78, 5) is 13.1. The third-order valence-electron chi connectivity index (χ3n) is 5.95. The molecule has 1 atom stereocenters. The number of aromatic nitrogens is 6. The maximum absolute atomic E-state index is 13.9. The van der Waals surface area contributed by atoms with Gasteiger partial charge in [0, 0.05) is 24.2 Å². The Bertz CT molecular complexity index is 1290. The summed E-state index contributed by atoms with van der Waals surface area (Å²) in [5.41, 5.74) is 6.78. The second kappa shape index (κ2) is 9.53. The van der Waals surface area contributed by atoms with Crippen molar-refractivity contribution in [2.24, 2.45) is 0 Å². The lowest BCUT2D eigenvalue weighted by Crippen LogP contribution is -2.26. The van der Waals surface area contributed by atoms with Crippen LogP contribution in [0.4, 0.5) is 10.2 Å². The van der Waals surface area contributed by atoms with Crippen molar-refractivity contribution in [3.63, 3.8) is 0 Å². The van der Waals surface area contributed by atoms with Gasteiger partial charge < -0.3 is 15.4 Å². The molecule has 184 valence electrons. The van der Waals surface area contributed by atoms with Crippen molar-refractivity contribution in [1.82, 2.24) is 29.9 Å². The van der Waals surface area contributed by atoms with Crippen LogP contribution in [0.25, 0.3) is 22.7 Å². The maximum Gasteiger partial charge on any atom is 0.261 e. The van der Waals surface area contributed by atoms with E-state index in [-0.39, 0.29) is 5.82 Å². The number of nitrogens with two attached hydrogens (primary N) is 1. The van der Waals surface area contributed by atoms with Crippen LogP contribution < -0.4 is 5.73 Å². The number of pyridine rings is 2. The van der Waals surface area contributed by atoms with Crippen LogP contribution in [0.5, 0.6) is 0 Å². The molecule has 0 aliphatic rings. The molecule has 0 spiro atoms. The summed E-state index contributed by atoms with van der Waals surface area (Å²) in [6.45, 7) is 7.97. The Kier molecular flexibility index (Phi) is 6.66. The van der Waals surface area contributed by atoms with Crippen molar-refractivity contribution in [3.8, 4) is 22.7 Å². The number of halogens is 1. The molecule has 0 bridgehead atoms. The van der Waals surface area contributed by atoms with E-state index in [2.05, 4.69) is 34.1 Å². The second-order valence-corrected chi connectivity index (χ2v) is 9.62. The van der Waals surface area contributed by atoms with Crippen LogP contribution in [0.1, 0.15) is 58.3 Å². The first-order valence-corrected chi connectivity index (χ1v) is 11.6. The number of nitrogen functional groups attached to an aromatic ring is 1. The molecule has 0 aromatic carbocycles. The van der Waals surface area contributed by atoms with Gasteiger partial charge in [-0.2, -0.15) is 10.1 Å². The van der Waals surface area contributed by atoms with Crippen molar-refractivity contribution < 1.29 is 14.0 Å². The van der Waals surface area contributed by atoms with Crippen LogP contribution in [-0.4, -0.2) is 40.6 Å². The quantitative estimate of drug-likeness (QED) is 0.362. The van der Waals surface area contributed by atoms with Crippen LogP contribution in [-0.2, 0) is 12.0 Å². The van der Waals surface area contributed by atoms with E-state index in [1.165, 1.54) is 12.3 Å². The van der Waals surface area contributed by atoms with Crippen LogP contribution >= 0.6 is 0 Å². The minimum Gasteiger partial charge on any atom is -0.389 e. The average molecular weight is 480 g/mol. The van der Waals surface area contributed by atoms with Gasteiger partial charge in [0.15, 0.2) is 17.5 Å². The molecule has 0 fully saturated rings. The van der Waals surface area contributed by atoms with Crippen molar-refractivity contribution in [1.29, 1.82) is 0 Å². The molecule has 0 saturated carbocycles. The molecule has 0 radical (unpaired) electrons. The van der Waals surface area contributed by atoms with Crippen molar-refractivity contribution >= 4 is 5.82 Å².